The highest BCUT2D eigenvalue weighted by molar-refractivity contribution is 5.80. The largest absolute Gasteiger partial charge is 0.496 e. The normalized spacial score (nSPS) is 21.3. The van der Waals surface area contributed by atoms with Gasteiger partial charge in [0.1, 0.15) is 11.4 Å². The Morgan fingerprint density at radius 3 is 2.61 bits per heavy atom. The number of carbonyl (C=O) groups excluding carboxylic acids is 1. The molecule has 0 N–H and O–H groups in total. The standard InChI is InChI=1S/C28H36N2O3/c1-17(2)18-7-8-21(25(15-18)32-6)20-13-19-9-12-30-24-10-11-29(27(31)33-28(3,4)5)16-23(24)22(14-20)26(19)30/h7-8,13-15,17,23-24H,9-12,16H2,1-6H3/t23-,24-/m1/s1. The zero-order valence-electron chi connectivity index (χ0n) is 20.8. The predicted molar refractivity (Wildman–Crippen MR) is 133 cm³/mol. The van der Waals surface area contributed by atoms with E-state index in [2.05, 4.69) is 49.1 Å². The molecule has 2 atom stereocenters. The van der Waals surface area contributed by atoms with Crippen LogP contribution < -0.4 is 9.64 Å². The Kier molecular flexibility index (Phi) is 5.34. The molecule has 0 aromatic heterocycles. The average Bonchev–Trinajstić information content (AvgIpc) is 3.33. The monoisotopic (exact) mass is 448 g/mol. The van der Waals surface area contributed by atoms with Gasteiger partial charge < -0.3 is 19.3 Å². The van der Waals surface area contributed by atoms with Crippen molar-refractivity contribution in [3.63, 3.8) is 0 Å². The minimum Gasteiger partial charge on any atom is -0.496 e. The number of benzene rings is 2. The average molecular weight is 449 g/mol. The van der Waals surface area contributed by atoms with E-state index in [0.717, 1.165) is 43.8 Å². The summed E-state index contributed by atoms with van der Waals surface area (Å²) >= 11 is 0. The molecule has 0 bridgehead atoms. The Morgan fingerprint density at radius 2 is 1.91 bits per heavy atom. The van der Waals surface area contributed by atoms with Gasteiger partial charge in [0.2, 0.25) is 0 Å². The molecule has 5 nitrogen and oxygen atoms in total. The summed E-state index contributed by atoms with van der Waals surface area (Å²) in [5, 5.41) is 0. The third-order valence-corrected chi connectivity index (χ3v) is 7.36. The second-order valence-corrected chi connectivity index (χ2v) is 11.0. The lowest BCUT2D eigenvalue weighted by atomic mass is 9.86. The maximum Gasteiger partial charge on any atom is 0.410 e. The molecule has 0 aliphatic carbocycles. The van der Waals surface area contributed by atoms with Crippen LogP contribution in [0.25, 0.3) is 11.1 Å². The number of rotatable bonds is 3. The van der Waals surface area contributed by atoms with Crippen LogP contribution in [0.3, 0.4) is 0 Å². The van der Waals surface area contributed by atoms with E-state index in [-0.39, 0.29) is 6.09 Å². The Hall–Kier alpha value is -2.69. The Bertz CT molecular complexity index is 1090. The molecule has 5 heteroatoms. The lowest BCUT2D eigenvalue weighted by Crippen LogP contribution is -2.49. The number of anilines is 1. The molecule has 2 aromatic carbocycles. The maximum atomic E-state index is 12.8. The highest BCUT2D eigenvalue weighted by atomic mass is 16.6. The first kappa shape index (κ1) is 22.1. The van der Waals surface area contributed by atoms with Crippen LogP contribution in [0.4, 0.5) is 10.5 Å². The number of fused-ring (bicyclic) bond motifs is 3. The van der Waals surface area contributed by atoms with E-state index in [9.17, 15) is 4.79 Å². The van der Waals surface area contributed by atoms with E-state index in [1.165, 1.54) is 27.9 Å². The van der Waals surface area contributed by atoms with Crippen molar-refractivity contribution in [2.45, 2.75) is 70.9 Å². The lowest BCUT2D eigenvalue weighted by Gasteiger charge is -2.38. The quantitative estimate of drug-likeness (QED) is 0.581. The van der Waals surface area contributed by atoms with Crippen LogP contribution in [0.2, 0.25) is 0 Å². The number of carbonyl (C=O) groups is 1. The van der Waals surface area contributed by atoms with Crippen LogP contribution in [0.5, 0.6) is 5.75 Å². The molecular formula is C28H36N2O3. The smallest absolute Gasteiger partial charge is 0.410 e. The highest BCUT2D eigenvalue weighted by Crippen LogP contribution is 2.51. The van der Waals surface area contributed by atoms with Crippen LogP contribution in [0.1, 0.15) is 69.6 Å². The number of nitrogens with zero attached hydrogens (tertiary/aromatic N) is 2. The fourth-order valence-electron chi connectivity index (χ4n) is 5.80. The summed E-state index contributed by atoms with van der Waals surface area (Å²) in [5.74, 6) is 1.71. The van der Waals surface area contributed by atoms with Crippen molar-refractivity contribution in [3.05, 3.63) is 47.0 Å². The molecular weight excluding hydrogens is 412 g/mol. The molecule has 0 spiro atoms. The van der Waals surface area contributed by atoms with E-state index < -0.39 is 5.60 Å². The molecule has 176 valence electrons. The minimum absolute atomic E-state index is 0.194. The Balaban J connectivity index is 1.51. The van der Waals surface area contributed by atoms with E-state index in [0.29, 0.717) is 17.9 Å². The third kappa shape index (κ3) is 3.85. The molecule has 3 heterocycles. The fourth-order valence-corrected chi connectivity index (χ4v) is 5.80. The van der Waals surface area contributed by atoms with Gasteiger partial charge in [-0.05, 0) is 80.0 Å². The molecule has 5 rings (SSSR count). The van der Waals surface area contributed by atoms with E-state index in [1.54, 1.807) is 7.11 Å². The van der Waals surface area contributed by atoms with E-state index in [4.69, 9.17) is 9.47 Å². The van der Waals surface area contributed by atoms with Crippen LogP contribution in [-0.2, 0) is 11.2 Å². The summed E-state index contributed by atoms with van der Waals surface area (Å²) in [6.07, 6.45) is 1.88. The van der Waals surface area contributed by atoms with Gasteiger partial charge in [-0.2, -0.15) is 0 Å². The molecule has 0 radical (unpaired) electrons. The van der Waals surface area contributed by atoms with E-state index >= 15 is 0 Å². The lowest BCUT2D eigenvalue weighted by molar-refractivity contribution is 0.0189. The number of likely N-dealkylation sites (tertiary alicyclic amines) is 1. The van der Waals surface area contributed by atoms with Gasteiger partial charge in [0.05, 0.1) is 7.11 Å². The van der Waals surface area contributed by atoms with Crippen LogP contribution in [-0.4, -0.2) is 49.4 Å². The second-order valence-electron chi connectivity index (χ2n) is 11.0. The first-order valence-corrected chi connectivity index (χ1v) is 12.3. The number of methoxy groups -OCH3 is 1. The molecule has 3 aliphatic heterocycles. The number of hydrogen-bond acceptors (Lipinski definition) is 4. The zero-order chi connectivity index (χ0) is 23.5. The molecule has 1 fully saturated rings. The van der Waals surface area contributed by atoms with Gasteiger partial charge in [0.25, 0.3) is 0 Å². The van der Waals surface area contributed by atoms with E-state index in [1.807, 2.05) is 25.7 Å². The summed E-state index contributed by atoms with van der Waals surface area (Å²) in [6.45, 7) is 12.8. The number of amides is 1. The third-order valence-electron chi connectivity index (χ3n) is 7.36. The number of hydrogen-bond donors (Lipinski definition) is 0. The molecule has 1 saturated heterocycles. The van der Waals surface area contributed by atoms with Crippen LogP contribution in [0.15, 0.2) is 30.3 Å². The number of ether oxygens (including phenoxy) is 2. The van der Waals surface area contributed by atoms with Crippen LogP contribution >= 0.6 is 0 Å². The minimum atomic E-state index is -0.474. The van der Waals surface area contributed by atoms with Crippen molar-refractivity contribution in [2.75, 3.05) is 31.6 Å². The highest BCUT2D eigenvalue weighted by Gasteiger charge is 2.46. The first-order chi connectivity index (χ1) is 15.7. The summed E-state index contributed by atoms with van der Waals surface area (Å²) in [6, 6.07) is 11.8. The summed E-state index contributed by atoms with van der Waals surface area (Å²) in [4.78, 5) is 17.3. The molecule has 0 saturated carbocycles. The van der Waals surface area contributed by atoms with Gasteiger partial charge in [0.15, 0.2) is 0 Å². The van der Waals surface area contributed by atoms with Crippen molar-refractivity contribution in [1.82, 2.24) is 4.90 Å². The van der Waals surface area contributed by atoms with Gasteiger partial charge in [0, 0.05) is 42.8 Å². The Labute approximate surface area is 197 Å². The fraction of sp³-hybridized carbons (Fsp3) is 0.536. The van der Waals surface area contributed by atoms with Crippen molar-refractivity contribution in [3.8, 4) is 16.9 Å². The molecule has 0 unspecified atom stereocenters. The first-order valence-electron chi connectivity index (χ1n) is 12.3. The summed E-state index contributed by atoms with van der Waals surface area (Å²) in [5.41, 5.74) is 7.39. The summed E-state index contributed by atoms with van der Waals surface area (Å²) in [7, 11) is 1.76. The van der Waals surface area contributed by atoms with Gasteiger partial charge in [-0.15, -0.1) is 0 Å². The summed E-state index contributed by atoms with van der Waals surface area (Å²) < 4.78 is 11.5. The van der Waals surface area contributed by atoms with Crippen molar-refractivity contribution >= 4 is 11.8 Å². The Morgan fingerprint density at radius 1 is 1.12 bits per heavy atom. The maximum absolute atomic E-state index is 12.8. The number of piperidine rings is 1. The topological polar surface area (TPSA) is 42.0 Å². The molecule has 1 amide bonds. The van der Waals surface area contributed by atoms with Gasteiger partial charge in [-0.1, -0.05) is 26.0 Å². The second kappa shape index (κ2) is 7.96. The molecule has 2 aromatic rings. The van der Waals surface area contributed by atoms with Crippen molar-refractivity contribution < 1.29 is 14.3 Å². The van der Waals surface area contributed by atoms with Gasteiger partial charge in [-0.25, -0.2) is 4.79 Å². The predicted octanol–water partition coefficient (Wildman–Crippen LogP) is 5.95. The zero-order valence-corrected chi connectivity index (χ0v) is 20.8. The molecule has 3 aliphatic rings. The SMILES string of the molecule is COc1cc(C(C)C)ccc1-c1cc2c3c(c1)[C@H]1CN(C(=O)OC(C)(C)C)CC[C@H]1N3CC2. The van der Waals surface area contributed by atoms with Crippen LogP contribution in [0, 0.1) is 0 Å². The molecule has 33 heavy (non-hydrogen) atoms. The van der Waals surface area contributed by atoms with Gasteiger partial charge >= 0.3 is 6.09 Å². The van der Waals surface area contributed by atoms with Gasteiger partial charge in [-0.3, -0.25) is 0 Å². The van der Waals surface area contributed by atoms with Crippen molar-refractivity contribution in [2.24, 2.45) is 0 Å². The van der Waals surface area contributed by atoms with Crippen molar-refractivity contribution in [1.29, 1.82) is 0 Å².